The average molecular weight is 506 g/mol. The van der Waals surface area contributed by atoms with E-state index in [9.17, 15) is 4.79 Å². The van der Waals surface area contributed by atoms with Crippen molar-refractivity contribution in [1.82, 2.24) is 15.5 Å². The summed E-state index contributed by atoms with van der Waals surface area (Å²) in [7, 11) is 1.37. The molecule has 1 aromatic rings. The number of nitrogens with one attached hydrogen (secondary N) is 2. The van der Waals surface area contributed by atoms with Crippen molar-refractivity contribution >= 4 is 35.9 Å². The van der Waals surface area contributed by atoms with Gasteiger partial charge in [0.15, 0.2) is 5.96 Å². The number of hydrogen-bond acceptors (Lipinski definition) is 5. The zero-order chi connectivity index (χ0) is 19.6. The van der Waals surface area contributed by atoms with Crippen LogP contribution in [-0.4, -0.2) is 56.7 Å². The fraction of sp³-hybridized carbons (Fsp3) is 0.700. The molecule has 1 aliphatic heterocycles. The third kappa shape index (κ3) is 7.98. The number of guanidine groups is 1. The monoisotopic (exact) mass is 506 g/mol. The van der Waals surface area contributed by atoms with Crippen molar-refractivity contribution in [1.29, 1.82) is 0 Å². The molecular weight excluding hydrogens is 471 g/mol. The van der Waals surface area contributed by atoms with Crippen LogP contribution in [0.2, 0.25) is 0 Å². The SMILES string of the molecule is CCNC(=NCc1cc(C(=O)OC)c(C)o1)NCCCN1CCC(C)CC1.I. The van der Waals surface area contributed by atoms with Gasteiger partial charge in [-0.15, -0.1) is 24.0 Å². The normalized spacial score (nSPS) is 15.8. The third-order valence-corrected chi connectivity index (χ3v) is 4.93. The van der Waals surface area contributed by atoms with E-state index >= 15 is 0 Å². The molecule has 0 saturated carbocycles. The summed E-state index contributed by atoms with van der Waals surface area (Å²) < 4.78 is 10.4. The molecule has 0 aromatic carbocycles. The van der Waals surface area contributed by atoms with Gasteiger partial charge >= 0.3 is 5.97 Å². The Morgan fingerprint density at radius 2 is 2.07 bits per heavy atom. The molecule has 8 heteroatoms. The molecule has 160 valence electrons. The van der Waals surface area contributed by atoms with Crippen LogP contribution in [0.1, 0.15) is 55.0 Å². The number of aryl methyl sites for hydroxylation is 1. The number of rotatable bonds is 8. The molecular formula is C20H35IN4O3. The van der Waals surface area contributed by atoms with Gasteiger partial charge in [0.25, 0.3) is 0 Å². The van der Waals surface area contributed by atoms with E-state index in [1.54, 1.807) is 13.0 Å². The van der Waals surface area contributed by atoms with E-state index in [-0.39, 0.29) is 29.9 Å². The topological polar surface area (TPSA) is 79.1 Å². The number of furan rings is 1. The Morgan fingerprint density at radius 1 is 1.36 bits per heavy atom. The minimum Gasteiger partial charge on any atom is -0.465 e. The van der Waals surface area contributed by atoms with Crippen LogP contribution in [0.3, 0.4) is 0 Å². The molecule has 0 radical (unpaired) electrons. The van der Waals surface area contributed by atoms with Crippen molar-refractivity contribution in [2.75, 3.05) is 39.8 Å². The maximum atomic E-state index is 11.7. The number of aliphatic imine (C=N–C) groups is 1. The second-order valence-electron chi connectivity index (χ2n) is 7.17. The van der Waals surface area contributed by atoms with Crippen LogP contribution in [0.15, 0.2) is 15.5 Å². The summed E-state index contributed by atoms with van der Waals surface area (Å²) in [6, 6.07) is 1.70. The zero-order valence-electron chi connectivity index (χ0n) is 17.5. The highest BCUT2D eigenvalue weighted by Crippen LogP contribution is 2.17. The van der Waals surface area contributed by atoms with Crippen molar-refractivity contribution in [3.05, 3.63) is 23.2 Å². The minimum absolute atomic E-state index is 0. The molecule has 0 atom stereocenters. The van der Waals surface area contributed by atoms with Gasteiger partial charge in [-0.2, -0.15) is 0 Å². The van der Waals surface area contributed by atoms with Crippen LogP contribution in [0, 0.1) is 12.8 Å². The summed E-state index contributed by atoms with van der Waals surface area (Å²) >= 11 is 0. The molecule has 0 spiro atoms. The van der Waals surface area contributed by atoms with Gasteiger partial charge in [0.05, 0.1) is 7.11 Å². The Kier molecular flexibility index (Phi) is 11.5. The molecule has 28 heavy (non-hydrogen) atoms. The fourth-order valence-electron chi connectivity index (χ4n) is 3.23. The Balaban J connectivity index is 0.00000392. The molecule has 1 fully saturated rings. The maximum absolute atomic E-state index is 11.7. The van der Waals surface area contributed by atoms with E-state index in [0.717, 1.165) is 37.9 Å². The number of likely N-dealkylation sites (tertiary alicyclic amines) is 1. The van der Waals surface area contributed by atoms with E-state index in [4.69, 9.17) is 9.15 Å². The van der Waals surface area contributed by atoms with Gasteiger partial charge in [0, 0.05) is 13.1 Å². The quantitative estimate of drug-likeness (QED) is 0.186. The molecule has 2 rings (SSSR count). The van der Waals surface area contributed by atoms with Gasteiger partial charge in [-0.3, -0.25) is 0 Å². The number of carbonyl (C=O) groups is 1. The Morgan fingerprint density at radius 3 is 2.71 bits per heavy atom. The molecule has 1 aromatic heterocycles. The van der Waals surface area contributed by atoms with E-state index < -0.39 is 0 Å². The first kappa shape index (κ1) is 24.7. The lowest BCUT2D eigenvalue weighted by molar-refractivity contribution is 0.0599. The number of nitrogens with zero attached hydrogens (tertiary/aromatic N) is 2. The van der Waals surface area contributed by atoms with Gasteiger partial charge in [0.1, 0.15) is 23.6 Å². The van der Waals surface area contributed by atoms with Crippen molar-refractivity contribution in [2.45, 2.75) is 46.6 Å². The van der Waals surface area contributed by atoms with Crippen molar-refractivity contribution < 1.29 is 13.9 Å². The molecule has 0 bridgehead atoms. The first-order valence-electron chi connectivity index (χ1n) is 9.95. The molecule has 2 N–H and O–H groups in total. The van der Waals surface area contributed by atoms with Crippen molar-refractivity contribution in [3.63, 3.8) is 0 Å². The summed E-state index contributed by atoms with van der Waals surface area (Å²) in [5, 5.41) is 6.62. The van der Waals surface area contributed by atoms with Crippen molar-refractivity contribution in [3.8, 4) is 0 Å². The summed E-state index contributed by atoms with van der Waals surface area (Å²) in [6.07, 6.45) is 3.71. The molecule has 0 aliphatic carbocycles. The first-order valence-corrected chi connectivity index (χ1v) is 9.95. The molecule has 0 amide bonds. The highest BCUT2D eigenvalue weighted by molar-refractivity contribution is 14.0. The van der Waals surface area contributed by atoms with E-state index in [1.165, 1.54) is 33.0 Å². The standard InChI is InChI=1S/C20H34N4O3.HI/c1-5-21-20(22-9-6-10-24-11-7-15(2)8-12-24)23-14-17-13-18(16(3)27-17)19(25)26-4;/h13,15H,5-12,14H2,1-4H3,(H2,21,22,23);1H. The summed E-state index contributed by atoms with van der Waals surface area (Å²) in [4.78, 5) is 18.8. The third-order valence-electron chi connectivity index (χ3n) is 4.93. The predicted octanol–water partition coefficient (Wildman–Crippen LogP) is 3.17. The number of carbonyl (C=O) groups excluding carboxylic acids is 1. The average Bonchev–Trinajstić information content (AvgIpc) is 3.04. The lowest BCUT2D eigenvalue weighted by Gasteiger charge is -2.30. The molecule has 2 heterocycles. The Labute approximate surface area is 185 Å². The largest absolute Gasteiger partial charge is 0.465 e. The van der Waals surface area contributed by atoms with E-state index in [2.05, 4.69) is 27.4 Å². The van der Waals surface area contributed by atoms with Gasteiger partial charge < -0.3 is 24.7 Å². The molecule has 7 nitrogen and oxygen atoms in total. The van der Waals surface area contributed by atoms with Gasteiger partial charge in [-0.05, 0) is 64.7 Å². The van der Waals surface area contributed by atoms with Crippen molar-refractivity contribution in [2.24, 2.45) is 10.9 Å². The summed E-state index contributed by atoms with van der Waals surface area (Å²) in [5.41, 5.74) is 0.455. The van der Waals surface area contributed by atoms with E-state index in [0.29, 0.717) is 23.6 Å². The summed E-state index contributed by atoms with van der Waals surface area (Å²) in [5.74, 6) is 2.45. The van der Waals surface area contributed by atoms with Gasteiger partial charge in [-0.1, -0.05) is 6.92 Å². The highest BCUT2D eigenvalue weighted by atomic mass is 127. The second-order valence-corrected chi connectivity index (χ2v) is 7.17. The number of esters is 1. The van der Waals surface area contributed by atoms with Crippen LogP contribution in [-0.2, 0) is 11.3 Å². The Hall–Kier alpha value is -1.29. The lowest BCUT2D eigenvalue weighted by atomic mass is 9.99. The molecule has 1 saturated heterocycles. The maximum Gasteiger partial charge on any atom is 0.341 e. The lowest BCUT2D eigenvalue weighted by Crippen LogP contribution is -2.39. The second kappa shape index (κ2) is 13.0. The Bertz CT molecular complexity index is 625. The number of ether oxygens (including phenoxy) is 1. The van der Waals surface area contributed by atoms with Gasteiger partial charge in [-0.25, -0.2) is 9.79 Å². The fourth-order valence-corrected chi connectivity index (χ4v) is 3.23. The minimum atomic E-state index is -0.386. The number of methoxy groups -OCH3 is 1. The van der Waals surface area contributed by atoms with Crippen LogP contribution >= 0.6 is 24.0 Å². The van der Waals surface area contributed by atoms with Crippen LogP contribution in [0.25, 0.3) is 0 Å². The summed E-state index contributed by atoms with van der Waals surface area (Å²) in [6.45, 7) is 11.7. The molecule has 1 aliphatic rings. The van der Waals surface area contributed by atoms with Crippen LogP contribution in [0.4, 0.5) is 0 Å². The highest BCUT2D eigenvalue weighted by Gasteiger charge is 2.16. The molecule has 0 unspecified atom stereocenters. The number of piperidine rings is 1. The first-order chi connectivity index (χ1) is 13.0. The smallest absolute Gasteiger partial charge is 0.341 e. The zero-order valence-corrected chi connectivity index (χ0v) is 19.9. The van der Waals surface area contributed by atoms with Gasteiger partial charge in [0.2, 0.25) is 0 Å². The van der Waals surface area contributed by atoms with E-state index in [1.807, 2.05) is 6.92 Å². The predicted molar refractivity (Wildman–Crippen MR) is 122 cm³/mol. The van der Waals surface area contributed by atoms with Crippen LogP contribution < -0.4 is 10.6 Å². The number of halogens is 1. The van der Waals surface area contributed by atoms with Crippen LogP contribution in [0.5, 0.6) is 0 Å². The number of hydrogen-bond donors (Lipinski definition) is 2.